The standard InChI is InChI=1S/C17H25N3O3S/c21-17(20-15-8-10-24(22,23)12-15)13-7-9-18-16(11-13)19-14-5-3-1-2-4-6-14/h7,9,11,14-15H,1-6,8,10,12H2,(H,18,19)(H,20,21). The number of amides is 1. The number of anilines is 1. The van der Waals surface area contributed by atoms with Gasteiger partial charge in [0.1, 0.15) is 5.82 Å². The van der Waals surface area contributed by atoms with Crippen LogP contribution in [-0.4, -0.2) is 42.9 Å². The highest BCUT2D eigenvalue weighted by Crippen LogP contribution is 2.21. The molecule has 24 heavy (non-hydrogen) atoms. The Morgan fingerprint density at radius 3 is 2.50 bits per heavy atom. The van der Waals surface area contributed by atoms with Gasteiger partial charge in [0.2, 0.25) is 0 Å². The van der Waals surface area contributed by atoms with Crippen molar-refractivity contribution in [2.24, 2.45) is 0 Å². The zero-order chi connectivity index (χ0) is 17.0. The van der Waals surface area contributed by atoms with Gasteiger partial charge < -0.3 is 10.6 Å². The third-order valence-corrected chi connectivity index (χ3v) is 6.56. The number of pyridine rings is 1. The molecule has 0 bridgehead atoms. The molecule has 1 saturated heterocycles. The van der Waals surface area contributed by atoms with Crippen molar-refractivity contribution in [3.8, 4) is 0 Å². The molecule has 3 rings (SSSR count). The maximum Gasteiger partial charge on any atom is 0.251 e. The molecule has 6 nitrogen and oxygen atoms in total. The highest BCUT2D eigenvalue weighted by molar-refractivity contribution is 7.91. The lowest BCUT2D eigenvalue weighted by Gasteiger charge is -2.17. The maximum absolute atomic E-state index is 12.3. The highest BCUT2D eigenvalue weighted by Gasteiger charge is 2.29. The van der Waals surface area contributed by atoms with Crippen molar-refractivity contribution in [1.82, 2.24) is 10.3 Å². The first kappa shape index (κ1) is 17.2. The molecule has 2 fully saturated rings. The van der Waals surface area contributed by atoms with E-state index in [9.17, 15) is 13.2 Å². The second-order valence-corrected chi connectivity index (χ2v) is 9.06. The van der Waals surface area contributed by atoms with E-state index in [1.165, 1.54) is 25.7 Å². The fraction of sp³-hybridized carbons (Fsp3) is 0.647. The Labute approximate surface area is 143 Å². The third-order valence-electron chi connectivity index (χ3n) is 4.80. The number of hydrogen-bond acceptors (Lipinski definition) is 5. The monoisotopic (exact) mass is 351 g/mol. The quantitative estimate of drug-likeness (QED) is 0.812. The van der Waals surface area contributed by atoms with Crippen molar-refractivity contribution < 1.29 is 13.2 Å². The molecular weight excluding hydrogens is 326 g/mol. The van der Waals surface area contributed by atoms with E-state index in [-0.39, 0.29) is 23.5 Å². The number of carbonyl (C=O) groups excluding carboxylic acids is 1. The van der Waals surface area contributed by atoms with Gasteiger partial charge in [0.05, 0.1) is 11.5 Å². The Hall–Kier alpha value is -1.63. The van der Waals surface area contributed by atoms with E-state index in [4.69, 9.17) is 0 Å². The second-order valence-electron chi connectivity index (χ2n) is 6.84. The maximum atomic E-state index is 12.3. The van der Waals surface area contributed by atoms with Gasteiger partial charge >= 0.3 is 0 Å². The first-order valence-corrected chi connectivity index (χ1v) is 10.6. The summed E-state index contributed by atoms with van der Waals surface area (Å²) in [6.07, 6.45) is 9.43. The number of nitrogens with zero attached hydrogens (tertiary/aromatic N) is 1. The summed E-state index contributed by atoms with van der Waals surface area (Å²) < 4.78 is 23.0. The zero-order valence-electron chi connectivity index (χ0n) is 13.8. The Morgan fingerprint density at radius 2 is 1.83 bits per heavy atom. The number of rotatable bonds is 4. The van der Waals surface area contributed by atoms with Gasteiger partial charge in [0.25, 0.3) is 5.91 Å². The molecule has 2 N–H and O–H groups in total. The van der Waals surface area contributed by atoms with Crippen molar-refractivity contribution in [3.63, 3.8) is 0 Å². The van der Waals surface area contributed by atoms with Gasteiger partial charge in [-0.1, -0.05) is 25.7 Å². The smallest absolute Gasteiger partial charge is 0.251 e. The SMILES string of the molecule is O=C(NC1CCS(=O)(=O)C1)c1ccnc(NC2CCCCCC2)c1. The van der Waals surface area contributed by atoms with Crippen molar-refractivity contribution >= 4 is 21.6 Å². The number of sulfone groups is 1. The summed E-state index contributed by atoms with van der Waals surface area (Å²) in [4.78, 5) is 16.7. The van der Waals surface area contributed by atoms with Crippen LogP contribution in [-0.2, 0) is 9.84 Å². The van der Waals surface area contributed by atoms with Crippen LogP contribution in [0.4, 0.5) is 5.82 Å². The largest absolute Gasteiger partial charge is 0.367 e. The summed E-state index contributed by atoms with van der Waals surface area (Å²) in [6, 6.07) is 3.55. The molecule has 1 aromatic rings. The summed E-state index contributed by atoms with van der Waals surface area (Å²) in [7, 11) is -2.99. The van der Waals surface area contributed by atoms with Crippen LogP contribution in [0.5, 0.6) is 0 Å². The number of hydrogen-bond donors (Lipinski definition) is 2. The van der Waals surface area contributed by atoms with E-state index in [1.54, 1.807) is 18.3 Å². The van der Waals surface area contributed by atoms with Gasteiger partial charge in [-0.25, -0.2) is 13.4 Å². The van der Waals surface area contributed by atoms with Gasteiger partial charge in [0.15, 0.2) is 9.84 Å². The summed E-state index contributed by atoms with van der Waals surface area (Å²) in [5.74, 6) is 0.678. The van der Waals surface area contributed by atoms with Gasteiger partial charge in [-0.3, -0.25) is 4.79 Å². The molecule has 1 aromatic heterocycles. The molecule has 1 atom stereocenters. The molecule has 132 valence electrons. The minimum absolute atomic E-state index is 0.0387. The molecule has 1 aliphatic heterocycles. The molecule has 7 heteroatoms. The lowest BCUT2D eigenvalue weighted by atomic mass is 10.1. The predicted molar refractivity (Wildman–Crippen MR) is 93.9 cm³/mol. The molecule has 1 unspecified atom stereocenters. The van der Waals surface area contributed by atoms with Crippen molar-refractivity contribution in [2.75, 3.05) is 16.8 Å². The summed E-state index contributed by atoms with van der Waals surface area (Å²) >= 11 is 0. The summed E-state index contributed by atoms with van der Waals surface area (Å²) in [5, 5.41) is 6.25. The molecule has 1 saturated carbocycles. The first-order valence-electron chi connectivity index (χ1n) is 8.76. The Morgan fingerprint density at radius 1 is 1.08 bits per heavy atom. The van der Waals surface area contributed by atoms with Gasteiger partial charge in [-0.2, -0.15) is 0 Å². The van der Waals surface area contributed by atoms with Crippen LogP contribution in [0, 0.1) is 0 Å². The lowest BCUT2D eigenvalue weighted by molar-refractivity contribution is 0.0941. The summed E-state index contributed by atoms with van der Waals surface area (Å²) in [5.41, 5.74) is 0.519. The third kappa shape index (κ3) is 4.69. The fourth-order valence-electron chi connectivity index (χ4n) is 3.46. The average molecular weight is 351 g/mol. The molecule has 0 aromatic carbocycles. The minimum atomic E-state index is -2.99. The minimum Gasteiger partial charge on any atom is -0.367 e. The first-order chi connectivity index (χ1) is 11.5. The van der Waals surface area contributed by atoms with Crippen molar-refractivity contribution in [2.45, 2.75) is 57.0 Å². The van der Waals surface area contributed by atoms with Crippen LogP contribution in [0.2, 0.25) is 0 Å². The van der Waals surface area contributed by atoms with Crippen molar-refractivity contribution in [1.29, 1.82) is 0 Å². The van der Waals surface area contributed by atoms with Crippen LogP contribution in [0.3, 0.4) is 0 Å². The van der Waals surface area contributed by atoms with E-state index in [0.29, 0.717) is 23.8 Å². The predicted octanol–water partition coefficient (Wildman–Crippen LogP) is 2.13. The number of nitrogens with one attached hydrogen (secondary N) is 2. The topological polar surface area (TPSA) is 88.2 Å². The summed E-state index contributed by atoms with van der Waals surface area (Å²) in [6.45, 7) is 0. The molecular formula is C17H25N3O3S. The van der Waals surface area contributed by atoms with E-state index in [2.05, 4.69) is 15.6 Å². The lowest BCUT2D eigenvalue weighted by Crippen LogP contribution is -2.35. The van der Waals surface area contributed by atoms with Crippen LogP contribution >= 0.6 is 0 Å². The normalized spacial score (nSPS) is 24.2. The average Bonchev–Trinajstić information content (AvgIpc) is 2.75. The Balaban J connectivity index is 1.60. The number of aromatic nitrogens is 1. The Bertz CT molecular complexity index is 682. The molecule has 2 aliphatic rings. The van der Waals surface area contributed by atoms with Gasteiger partial charge in [-0.15, -0.1) is 0 Å². The van der Waals surface area contributed by atoms with Gasteiger partial charge in [0, 0.05) is 23.8 Å². The molecule has 0 spiro atoms. The van der Waals surface area contributed by atoms with E-state index >= 15 is 0 Å². The molecule has 0 radical (unpaired) electrons. The fourth-order valence-corrected chi connectivity index (χ4v) is 5.13. The van der Waals surface area contributed by atoms with E-state index in [0.717, 1.165) is 12.8 Å². The van der Waals surface area contributed by atoms with E-state index in [1.807, 2.05) is 0 Å². The Kier molecular flexibility index (Phi) is 5.38. The second kappa shape index (κ2) is 7.51. The zero-order valence-corrected chi connectivity index (χ0v) is 14.6. The van der Waals surface area contributed by atoms with Crippen LogP contribution in [0.25, 0.3) is 0 Å². The van der Waals surface area contributed by atoms with Crippen LogP contribution in [0.1, 0.15) is 55.3 Å². The highest BCUT2D eigenvalue weighted by atomic mass is 32.2. The number of carbonyl (C=O) groups is 1. The van der Waals surface area contributed by atoms with Crippen molar-refractivity contribution in [3.05, 3.63) is 23.9 Å². The van der Waals surface area contributed by atoms with Crippen LogP contribution < -0.4 is 10.6 Å². The molecule has 2 heterocycles. The van der Waals surface area contributed by atoms with Crippen LogP contribution in [0.15, 0.2) is 18.3 Å². The van der Waals surface area contributed by atoms with Gasteiger partial charge in [-0.05, 0) is 31.4 Å². The molecule has 1 amide bonds. The molecule has 1 aliphatic carbocycles. The van der Waals surface area contributed by atoms with E-state index < -0.39 is 9.84 Å².